The van der Waals surface area contributed by atoms with Crippen molar-refractivity contribution in [3.05, 3.63) is 125 Å². The summed E-state index contributed by atoms with van der Waals surface area (Å²) in [5.74, 6) is 1.25. The first kappa shape index (κ1) is 31.7. The SMILES string of the molecule is C=COc1ccc(CN2CCC(C3=CCCN(c4ncc(C(=O)C(C=C)Cc5ccc(C)c(F)c5)cc4Cl)CC3)CC2)cc1. The molecule has 2 aromatic carbocycles. The summed E-state index contributed by atoms with van der Waals surface area (Å²) in [6, 6.07) is 15.0. The predicted molar refractivity (Wildman–Crippen MR) is 177 cm³/mol. The number of halogens is 2. The third-order valence-corrected chi connectivity index (χ3v) is 9.13. The molecule has 7 heteroatoms. The summed E-state index contributed by atoms with van der Waals surface area (Å²) in [4.78, 5) is 22.7. The third kappa shape index (κ3) is 7.85. The number of ketones is 1. The summed E-state index contributed by atoms with van der Waals surface area (Å²) in [5, 5.41) is 0.473. The second-order valence-electron chi connectivity index (χ2n) is 11.8. The van der Waals surface area contributed by atoms with Crippen LogP contribution in [0.5, 0.6) is 5.75 Å². The number of aromatic nitrogens is 1. The number of pyridine rings is 1. The number of allylic oxidation sites excluding steroid dienone is 1. The molecule has 5 nitrogen and oxygen atoms in total. The molecule has 1 atom stereocenters. The van der Waals surface area contributed by atoms with Crippen molar-refractivity contribution >= 4 is 23.2 Å². The van der Waals surface area contributed by atoms with Crippen LogP contribution >= 0.6 is 11.6 Å². The highest BCUT2D eigenvalue weighted by atomic mass is 35.5. The first-order chi connectivity index (χ1) is 21.3. The molecule has 1 fully saturated rings. The monoisotopic (exact) mass is 613 g/mol. The quantitative estimate of drug-likeness (QED) is 0.123. The normalized spacial score (nSPS) is 17.0. The summed E-state index contributed by atoms with van der Waals surface area (Å²) in [7, 11) is 0. The minimum atomic E-state index is -0.491. The number of aryl methyl sites for hydroxylation is 1. The van der Waals surface area contributed by atoms with E-state index in [9.17, 15) is 9.18 Å². The summed E-state index contributed by atoms with van der Waals surface area (Å²) < 4.78 is 19.4. The topological polar surface area (TPSA) is 45.7 Å². The van der Waals surface area contributed by atoms with Crippen LogP contribution in [0.15, 0.2) is 91.9 Å². The summed E-state index contributed by atoms with van der Waals surface area (Å²) in [6.45, 7) is 14.0. The Morgan fingerprint density at radius 1 is 1.09 bits per heavy atom. The Bertz CT molecular complexity index is 1510. The lowest BCUT2D eigenvalue weighted by molar-refractivity contribution is 0.0944. The first-order valence-electron chi connectivity index (χ1n) is 15.4. The molecule has 0 aliphatic carbocycles. The standard InChI is InChI=1S/C37H41ClFN3O2/c1-4-29(21-28-9-8-26(3)35(39)22-28)36(43)32-23-34(38)37(40-24-32)42-17-6-7-30(16-20-42)31-14-18-41(19-15-31)25-27-10-12-33(13-11-27)44-5-2/h4-5,7-13,22-24,29,31H,1-2,6,14-21,25H2,3H3. The number of ether oxygens (including phenoxy) is 1. The van der Waals surface area contributed by atoms with Gasteiger partial charge in [0.15, 0.2) is 5.78 Å². The Hall–Kier alpha value is -3.74. The molecule has 5 rings (SSSR count). The second kappa shape index (κ2) is 14.8. The first-order valence-corrected chi connectivity index (χ1v) is 15.8. The molecule has 0 saturated carbocycles. The van der Waals surface area contributed by atoms with Crippen molar-refractivity contribution in [2.75, 3.05) is 31.1 Å². The number of hydrogen-bond donors (Lipinski definition) is 0. The number of benzene rings is 2. The molecule has 44 heavy (non-hydrogen) atoms. The molecule has 0 N–H and O–H groups in total. The molecule has 0 bridgehead atoms. The molecule has 1 saturated heterocycles. The van der Waals surface area contributed by atoms with Gasteiger partial charge in [0, 0.05) is 37.3 Å². The third-order valence-electron chi connectivity index (χ3n) is 8.86. The van der Waals surface area contributed by atoms with Crippen LogP contribution in [-0.2, 0) is 13.0 Å². The minimum Gasteiger partial charge on any atom is -0.466 e. The van der Waals surface area contributed by atoms with Crippen molar-refractivity contribution in [1.29, 1.82) is 0 Å². The smallest absolute Gasteiger partial charge is 0.171 e. The molecule has 230 valence electrons. The maximum Gasteiger partial charge on any atom is 0.171 e. The second-order valence-corrected chi connectivity index (χ2v) is 12.2. The van der Waals surface area contributed by atoms with E-state index in [4.69, 9.17) is 16.3 Å². The predicted octanol–water partition coefficient (Wildman–Crippen LogP) is 8.37. The van der Waals surface area contributed by atoms with Gasteiger partial charge < -0.3 is 9.64 Å². The van der Waals surface area contributed by atoms with Gasteiger partial charge in [-0.3, -0.25) is 9.69 Å². The lowest BCUT2D eigenvalue weighted by Gasteiger charge is -2.33. The highest BCUT2D eigenvalue weighted by Crippen LogP contribution is 2.32. The molecule has 3 aromatic rings. The Morgan fingerprint density at radius 2 is 1.84 bits per heavy atom. The Labute approximate surface area is 265 Å². The van der Waals surface area contributed by atoms with Gasteiger partial charge in [-0.15, -0.1) is 6.58 Å². The van der Waals surface area contributed by atoms with Crippen molar-refractivity contribution in [2.45, 2.75) is 45.6 Å². The van der Waals surface area contributed by atoms with E-state index in [0.717, 1.165) is 56.9 Å². The molecule has 0 spiro atoms. The maximum absolute atomic E-state index is 14.1. The number of Topliss-reactive ketones (excluding diaryl/α,β-unsaturated/α-hetero) is 1. The largest absolute Gasteiger partial charge is 0.466 e. The lowest BCUT2D eigenvalue weighted by Crippen LogP contribution is -2.34. The maximum atomic E-state index is 14.1. The number of piperidine rings is 1. The van der Waals surface area contributed by atoms with Gasteiger partial charge in [0.25, 0.3) is 0 Å². The number of rotatable bonds is 11. The highest BCUT2D eigenvalue weighted by Gasteiger charge is 2.25. The van der Waals surface area contributed by atoms with Gasteiger partial charge in [-0.05, 0) is 99.0 Å². The van der Waals surface area contributed by atoms with E-state index in [1.54, 1.807) is 36.9 Å². The molecule has 2 aliphatic heterocycles. The van der Waals surface area contributed by atoms with Crippen molar-refractivity contribution in [3.63, 3.8) is 0 Å². The van der Waals surface area contributed by atoms with E-state index in [0.29, 0.717) is 34.3 Å². The number of hydrogen-bond acceptors (Lipinski definition) is 5. The molecule has 3 heterocycles. The van der Waals surface area contributed by atoms with Crippen LogP contribution in [0.3, 0.4) is 0 Å². The van der Waals surface area contributed by atoms with Gasteiger partial charge in [0.2, 0.25) is 0 Å². The molecule has 1 aromatic heterocycles. The fourth-order valence-corrected chi connectivity index (χ4v) is 6.55. The minimum absolute atomic E-state index is 0.119. The van der Waals surface area contributed by atoms with Crippen LogP contribution < -0.4 is 9.64 Å². The van der Waals surface area contributed by atoms with Crippen molar-refractivity contribution in [1.82, 2.24) is 9.88 Å². The Morgan fingerprint density at radius 3 is 2.52 bits per heavy atom. The van der Waals surface area contributed by atoms with Crippen molar-refractivity contribution in [3.8, 4) is 5.75 Å². The van der Waals surface area contributed by atoms with Gasteiger partial charge >= 0.3 is 0 Å². The van der Waals surface area contributed by atoms with Crippen molar-refractivity contribution < 1.29 is 13.9 Å². The summed E-state index contributed by atoms with van der Waals surface area (Å²) in [6.07, 6.45) is 11.7. The molecule has 1 unspecified atom stereocenters. The van der Waals surface area contributed by atoms with Gasteiger partial charge in [-0.2, -0.15) is 0 Å². The van der Waals surface area contributed by atoms with Gasteiger partial charge in [-0.1, -0.05) is 60.2 Å². The zero-order valence-corrected chi connectivity index (χ0v) is 26.2. The van der Waals surface area contributed by atoms with Crippen LogP contribution in [0.4, 0.5) is 10.2 Å². The Kier molecular flexibility index (Phi) is 10.7. The molecular weight excluding hydrogens is 573 g/mol. The van der Waals surface area contributed by atoms with Gasteiger partial charge in [0.1, 0.15) is 17.4 Å². The zero-order valence-electron chi connectivity index (χ0n) is 25.5. The molecule has 2 aliphatic rings. The number of likely N-dealkylation sites (tertiary alicyclic amines) is 1. The molecule has 0 radical (unpaired) electrons. The van der Waals surface area contributed by atoms with E-state index in [1.807, 2.05) is 18.2 Å². The Balaban J connectivity index is 1.14. The van der Waals surface area contributed by atoms with E-state index in [2.05, 4.69) is 46.2 Å². The molecule has 0 amide bonds. The number of carbonyl (C=O) groups excluding carboxylic acids is 1. The number of carbonyl (C=O) groups is 1. The fraction of sp³-hybridized carbons (Fsp3) is 0.351. The van der Waals surface area contributed by atoms with Crippen molar-refractivity contribution in [2.24, 2.45) is 11.8 Å². The van der Waals surface area contributed by atoms with E-state index >= 15 is 0 Å². The van der Waals surface area contributed by atoms with E-state index in [1.165, 1.54) is 30.7 Å². The van der Waals surface area contributed by atoms with Crippen LogP contribution in [-0.4, -0.2) is 41.8 Å². The highest BCUT2D eigenvalue weighted by molar-refractivity contribution is 6.33. The van der Waals surface area contributed by atoms with Crippen LogP contribution in [0.1, 0.15) is 52.7 Å². The molecular formula is C37H41ClFN3O2. The zero-order chi connectivity index (χ0) is 31.1. The number of anilines is 1. The summed E-state index contributed by atoms with van der Waals surface area (Å²) >= 11 is 6.73. The van der Waals surface area contributed by atoms with Crippen LogP contribution in [0, 0.1) is 24.6 Å². The lowest BCUT2D eigenvalue weighted by atomic mass is 9.87. The van der Waals surface area contributed by atoms with E-state index in [-0.39, 0.29) is 11.6 Å². The average molecular weight is 614 g/mol. The van der Waals surface area contributed by atoms with Crippen LogP contribution in [0.25, 0.3) is 0 Å². The van der Waals surface area contributed by atoms with Crippen LogP contribution in [0.2, 0.25) is 5.02 Å². The fourth-order valence-electron chi connectivity index (χ4n) is 6.27. The summed E-state index contributed by atoms with van der Waals surface area (Å²) in [5.41, 5.74) is 4.62. The van der Waals surface area contributed by atoms with Gasteiger partial charge in [-0.25, -0.2) is 9.37 Å². The van der Waals surface area contributed by atoms with Gasteiger partial charge in [0.05, 0.1) is 11.3 Å². The average Bonchev–Trinajstić information content (AvgIpc) is 3.29. The van der Waals surface area contributed by atoms with E-state index < -0.39 is 5.92 Å². The number of nitrogens with zero attached hydrogens (tertiary/aromatic N) is 3.